The number of ether oxygens (including phenoxy) is 2. The molecule has 0 spiro atoms. The molecule has 1 aromatic carbocycles. The molecule has 1 atom stereocenters. The van der Waals surface area contributed by atoms with Crippen molar-refractivity contribution in [1.29, 1.82) is 0 Å². The van der Waals surface area contributed by atoms with Crippen LogP contribution in [0.4, 0.5) is 4.39 Å². The minimum atomic E-state index is -0.215. The van der Waals surface area contributed by atoms with Gasteiger partial charge < -0.3 is 14.4 Å². The molecule has 140 valence electrons. The molecular formula is C19H29FN2O3. The molecular weight excluding hydrogens is 323 g/mol. The first-order chi connectivity index (χ1) is 12.1. The lowest BCUT2D eigenvalue weighted by molar-refractivity contribution is -0.138. The van der Waals surface area contributed by atoms with E-state index in [2.05, 4.69) is 4.90 Å². The number of hydrogen-bond acceptors (Lipinski definition) is 4. The maximum Gasteiger partial charge on any atom is 0.227 e. The van der Waals surface area contributed by atoms with Crippen LogP contribution in [0, 0.1) is 11.7 Å². The minimum Gasteiger partial charge on any atom is -0.383 e. The number of hydrogen-bond donors (Lipinski definition) is 0. The van der Waals surface area contributed by atoms with E-state index >= 15 is 0 Å². The van der Waals surface area contributed by atoms with E-state index in [1.807, 2.05) is 11.0 Å². The van der Waals surface area contributed by atoms with Crippen molar-refractivity contribution in [2.75, 3.05) is 53.6 Å². The summed E-state index contributed by atoms with van der Waals surface area (Å²) in [6.45, 7) is 4.54. The Morgan fingerprint density at radius 1 is 1.28 bits per heavy atom. The van der Waals surface area contributed by atoms with Crippen molar-refractivity contribution >= 4 is 5.91 Å². The number of rotatable bonds is 9. The van der Waals surface area contributed by atoms with Crippen LogP contribution in [0.25, 0.3) is 0 Å². The Kier molecular flexibility index (Phi) is 8.31. The molecule has 1 unspecified atom stereocenters. The predicted molar refractivity (Wildman–Crippen MR) is 94.7 cm³/mol. The van der Waals surface area contributed by atoms with Gasteiger partial charge in [-0.05, 0) is 37.1 Å². The highest BCUT2D eigenvalue weighted by atomic mass is 19.1. The van der Waals surface area contributed by atoms with E-state index < -0.39 is 0 Å². The van der Waals surface area contributed by atoms with Crippen LogP contribution in [-0.4, -0.2) is 69.3 Å². The van der Waals surface area contributed by atoms with Gasteiger partial charge in [-0.2, -0.15) is 0 Å². The van der Waals surface area contributed by atoms with E-state index in [0.717, 1.165) is 24.9 Å². The van der Waals surface area contributed by atoms with Gasteiger partial charge in [0, 0.05) is 40.4 Å². The summed E-state index contributed by atoms with van der Waals surface area (Å²) >= 11 is 0. The fraction of sp³-hybridized carbons (Fsp3) is 0.632. The van der Waals surface area contributed by atoms with Gasteiger partial charge in [-0.3, -0.25) is 9.69 Å². The van der Waals surface area contributed by atoms with Gasteiger partial charge in [0.05, 0.1) is 19.1 Å². The molecule has 0 radical (unpaired) electrons. The monoisotopic (exact) mass is 352 g/mol. The van der Waals surface area contributed by atoms with Crippen molar-refractivity contribution in [2.45, 2.75) is 19.4 Å². The van der Waals surface area contributed by atoms with Crippen LogP contribution in [-0.2, 0) is 20.8 Å². The summed E-state index contributed by atoms with van der Waals surface area (Å²) in [5, 5.41) is 0. The highest BCUT2D eigenvalue weighted by Crippen LogP contribution is 2.21. The number of amides is 1. The van der Waals surface area contributed by atoms with Crippen molar-refractivity contribution in [2.24, 2.45) is 5.92 Å². The number of likely N-dealkylation sites (tertiary alicyclic amines) is 1. The van der Waals surface area contributed by atoms with Crippen molar-refractivity contribution in [3.05, 3.63) is 35.6 Å². The third-order valence-corrected chi connectivity index (χ3v) is 4.59. The molecule has 1 heterocycles. The van der Waals surface area contributed by atoms with Crippen LogP contribution >= 0.6 is 0 Å². The largest absolute Gasteiger partial charge is 0.383 e. The van der Waals surface area contributed by atoms with Crippen LogP contribution < -0.4 is 0 Å². The zero-order valence-corrected chi connectivity index (χ0v) is 15.2. The molecule has 1 fully saturated rings. The second-order valence-corrected chi connectivity index (χ2v) is 6.52. The average molecular weight is 352 g/mol. The number of halogens is 1. The zero-order chi connectivity index (χ0) is 18.1. The lowest BCUT2D eigenvalue weighted by Gasteiger charge is -2.35. The van der Waals surface area contributed by atoms with Gasteiger partial charge >= 0.3 is 0 Å². The predicted octanol–water partition coefficient (Wildman–Crippen LogP) is 2.16. The number of benzene rings is 1. The Morgan fingerprint density at radius 2 is 2.00 bits per heavy atom. The second kappa shape index (κ2) is 10.5. The lowest BCUT2D eigenvalue weighted by Crippen LogP contribution is -2.46. The zero-order valence-electron chi connectivity index (χ0n) is 15.2. The molecule has 1 aromatic rings. The van der Waals surface area contributed by atoms with Crippen molar-refractivity contribution in [1.82, 2.24) is 9.80 Å². The maximum atomic E-state index is 13.4. The van der Waals surface area contributed by atoms with E-state index in [4.69, 9.17) is 9.47 Å². The number of piperidine rings is 1. The van der Waals surface area contributed by atoms with Crippen molar-refractivity contribution in [3.63, 3.8) is 0 Å². The number of carbonyl (C=O) groups is 1. The number of carbonyl (C=O) groups excluding carboxylic acids is 1. The molecule has 1 saturated heterocycles. The van der Waals surface area contributed by atoms with Crippen LogP contribution in [0.5, 0.6) is 0 Å². The summed E-state index contributed by atoms with van der Waals surface area (Å²) in [6.07, 6.45) is 1.88. The summed E-state index contributed by atoms with van der Waals surface area (Å²) in [5.74, 6) is -0.0681. The Labute approximate surface area is 149 Å². The third-order valence-electron chi connectivity index (χ3n) is 4.59. The first kappa shape index (κ1) is 19.8. The Bertz CT molecular complexity index is 533. The summed E-state index contributed by atoms with van der Waals surface area (Å²) < 4.78 is 23.6. The Morgan fingerprint density at radius 3 is 2.64 bits per heavy atom. The lowest BCUT2D eigenvalue weighted by atomic mass is 9.96. The van der Waals surface area contributed by atoms with Gasteiger partial charge in [0.1, 0.15) is 5.82 Å². The number of methoxy groups -OCH3 is 2. The fourth-order valence-corrected chi connectivity index (χ4v) is 3.29. The molecule has 0 N–H and O–H groups in total. The van der Waals surface area contributed by atoms with Crippen LogP contribution in [0.1, 0.15) is 18.4 Å². The summed E-state index contributed by atoms with van der Waals surface area (Å²) in [7, 11) is 3.28. The first-order valence-corrected chi connectivity index (χ1v) is 8.87. The molecule has 5 nitrogen and oxygen atoms in total. The minimum absolute atomic E-state index is 0.0176. The van der Waals surface area contributed by atoms with E-state index in [1.165, 1.54) is 6.07 Å². The van der Waals surface area contributed by atoms with Gasteiger partial charge in [0.25, 0.3) is 0 Å². The molecule has 2 rings (SSSR count). The molecule has 6 heteroatoms. The molecule has 1 aliphatic rings. The fourth-order valence-electron chi connectivity index (χ4n) is 3.29. The van der Waals surface area contributed by atoms with E-state index in [-0.39, 0.29) is 17.6 Å². The molecule has 0 aliphatic carbocycles. The molecule has 0 aromatic heterocycles. The molecule has 0 saturated carbocycles. The van der Waals surface area contributed by atoms with Crippen molar-refractivity contribution < 1.29 is 18.7 Å². The quantitative estimate of drug-likeness (QED) is 0.683. The van der Waals surface area contributed by atoms with Crippen molar-refractivity contribution in [3.8, 4) is 0 Å². The standard InChI is InChI=1S/C19H29FN2O3/c1-24-11-9-22(10-12-25-2)19(23)17-6-4-8-21(15-17)14-16-5-3-7-18(20)13-16/h3,5,7,13,17H,4,6,8-12,14-15H2,1-2H3. The van der Waals surface area contributed by atoms with Crippen LogP contribution in [0.2, 0.25) is 0 Å². The smallest absolute Gasteiger partial charge is 0.227 e. The van der Waals surface area contributed by atoms with Gasteiger partial charge in [0.2, 0.25) is 5.91 Å². The second-order valence-electron chi connectivity index (χ2n) is 6.52. The summed E-state index contributed by atoms with van der Waals surface area (Å²) in [5.41, 5.74) is 0.948. The van der Waals surface area contributed by atoms with Gasteiger partial charge in [0.15, 0.2) is 0 Å². The Hall–Kier alpha value is -1.50. The third kappa shape index (κ3) is 6.38. The van der Waals surface area contributed by atoms with Gasteiger partial charge in [-0.1, -0.05) is 12.1 Å². The Balaban J connectivity index is 1.94. The van der Waals surface area contributed by atoms with Gasteiger partial charge in [-0.15, -0.1) is 0 Å². The first-order valence-electron chi connectivity index (χ1n) is 8.87. The topological polar surface area (TPSA) is 42.0 Å². The normalized spacial score (nSPS) is 18.3. The van der Waals surface area contributed by atoms with Gasteiger partial charge in [-0.25, -0.2) is 4.39 Å². The van der Waals surface area contributed by atoms with Crippen LogP contribution in [0.15, 0.2) is 24.3 Å². The molecule has 0 bridgehead atoms. The molecule has 1 amide bonds. The summed E-state index contributed by atoms with van der Waals surface area (Å²) in [6, 6.07) is 6.68. The van der Waals surface area contributed by atoms with Crippen LogP contribution in [0.3, 0.4) is 0 Å². The number of nitrogens with zero attached hydrogens (tertiary/aromatic N) is 2. The van der Waals surface area contributed by atoms with E-state index in [9.17, 15) is 9.18 Å². The molecule has 25 heavy (non-hydrogen) atoms. The van der Waals surface area contributed by atoms with E-state index in [0.29, 0.717) is 39.4 Å². The highest BCUT2D eigenvalue weighted by Gasteiger charge is 2.29. The SMILES string of the molecule is COCCN(CCOC)C(=O)C1CCCN(Cc2cccc(F)c2)C1. The molecule has 1 aliphatic heterocycles. The highest BCUT2D eigenvalue weighted by molar-refractivity contribution is 5.79. The summed E-state index contributed by atoms with van der Waals surface area (Å²) in [4.78, 5) is 17.0. The van der Waals surface area contributed by atoms with E-state index in [1.54, 1.807) is 26.4 Å². The maximum absolute atomic E-state index is 13.4. The average Bonchev–Trinajstić information content (AvgIpc) is 2.61.